The summed E-state index contributed by atoms with van der Waals surface area (Å²) in [5, 5.41) is 0. The number of rotatable bonds is 7. The summed E-state index contributed by atoms with van der Waals surface area (Å²) < 4.78 is 20.2. The lowest BCUT2D eigenvalue weighted by Gasteiger charge is -2.07. The van der Waals surface area contributed by atoms with E-state index in [-0.39, 0.29) is 31.0 Å². The van der Waals surface area contributed by atoms with Crippen LogP contribution in [0.1, 0.15) is 28.1 Å². The SMILES string of the molecule is COC(=O)c1ccoc1COC(=O)CCOc1ccc(C)cc1. The summed E-state index contributed by atoms with van der Waals surface area (Å²) in [5.41, 5.74) is 1.38. The van der Waals surface area contributed by atoms with Crippen LogP contribution in [0.15, 0.2) is 41.0 Å². The molecule has 2 rings (SSSR count). The highest BCUT2D eigenvalue weighted by atomic mass is 16.5. The fourth-order valence-electron chi connectivity index (χ4n) is 1.85. The number of methoxy groups -OCH3 is 1. The molecule has 0 saturated heterocycles. The van der Waals surface area contributed by atoms with Crippen molar-refractivity contribution in [1.82, 2.24) is 0 Å². The first kappa shape index (κ1) is 16.6. The Labute approximate surface area is 134 Å². The van der Waals surface area contributed by atoms with Crippen molar-refractivity contribution in [2.45, 2.75) is 20.0 Å². The Hall–Kier alpha value is -2.76. The van der Waals surface area contributed by atoms with Gasteiger partial charge < -0.3 is 18.6 Å². The van der Waals surface area contributed by atoms with Crippen molar-refractivity contribution in [2.24, 2.45) is 0 Å². The van der Waals surface area contributed by atoms with Crippen LogP contribution in [0.3, 0.4) is 0 Å². The maximum atomic E-state index is 11.7. The van der Waals surface area contributed by atoms with E-state index < -0.39 is 11.9 Å². The van der Waals surface area contributed by atoms with E-state index in [0.717, 1.165) is 5.56 Å². The molecule has 0 spiro atoms. The fraction of sp³-hybridized carbons (Fsp3) is 0.294. The Kier molecular flexibility index (Phi) is 5.80. The van der Waals surface area contributed by atoms with Gasteiger partial charge in [-0.1, -0.05) is 17.7 Å². The zero-order valence-corrected chi connectivity index (χ0v) is 13.0. The average Bonchev–Trinajstić information content (AvgIpc) is 3.02. The van der Waals surface area contributed by atoms with E-state index in [2.05, 4.69) is 4.74 Å². The van der Waals surface area contributed by atoms with Gasteiger partial charge in [0.15, 0.2) is 5.76 Å². The van der Waals surface area contributed by atoms with Crippen molar-refractivity contribution in [1.29, 1.82) is 0 Å². The molecule has 6 heteroatoms. The van der Waals surface area contributed by atoms with Crippen molar-refractivity contribution in [2.75, 3.05) is 13.7 Å². The van der Waals surface area contributed by atoms with Crippen molar-refractivity contribution in [3.05, 3.63) is 53.5 Å². The van der Waals surface area contributed by atoms with Crippen LogP contribution in [0.4, 0.5) is 0 Å². The number of hydrogen-bond acceptors (Lipinski definition) is 6. The Balaban J connectivity index is 1.74. The molecule has 2 aromatic rings. The van der Waals surface area contributed by atoms with E-state index >= 15 is 0 Å². The summed E-state index contributed by atoms with van der Waals surface area (Å²) in [6.07, 6.45) is 1.44. The van der Waals surface area contributed by atoms with Crippen LogP contribution in [-0.2, 0) is 20.9 Å². The molecule has 1 heterocycles. The van der Waals surface area contributed by atoms with E-state index in [9.17, 15) is 9.59 Å². The molecule has 6 nitrogen and oxygen atoms in total. The third-order valence-corrected chi connectivity index (χ3v) is 3.11. The topological polar surface area (TPSA) is 75.0 Å². The predicted octanol–water partition coefficient (Wildman–Crippen LogP) is 2.89. The molecule has 0 atom stereocenters. The van der Waals surface area contributed by atoms with Gasteiger partial charge in [0.2, 0.25) is 0 Å². The molecular formula is C17H18O6. The van der Waals surface area contributed by atoms with Gasteiger partial charge in [-0.15, -0.1) is 0 Å². The van der Waals surface area contributed by atoms with Crippen LogP contribution in [0.2, 0.25) is 0 Å². The number of hydrogen-bond donors (Lipinski definition) is 0. The lowest BCUT2D eigenvalue weighted by Crippen LogP contribution is -2.11. The molecule has 0 aliphatic heterocycles. The van der Waals surface area contributed by atoms with Crippen molar-refractivity contribution < 1.29 is 28.2 Å². The molecule has 0 saturated carbocycles. The van der Waals surface area contributed by atoms with E-state index in [1.807, 2.05) is 31.2 Å². The Bertz CT molecular complexity index is 656. The second-order valence-electron chi connectivity index (χ2n) is 4.82. The number of carbonyl (C=O) groups excluding carboxylic acids is 2. The molecule has 0 unspecified atom stereocenters. The molecular weight excluding hydrogens is 300 g/mol. The minimum Gasteiger partial charge on any atom is -0.493 e. The quantitative estimate of drug-likeness (QED) is 0.731. The fourth-order valence-corrected chi connectivity index (χ4v) is 1.85. The standard InChI is InChI=1S/C17H18O6/c1-12-3-5-13(6-4-12)21-10-8-16(18)23-11-15-14(7-9-22-15)17(19)20-2/h3-7,9H,8,10-11H2,1-2H3. The van der Waals surface area contributed by atoms with Crippen LogP contribution in [-0.4, -0.2) is 25.7 Å². The zero-order valence-electron chi connectivity index (χ0n) is 13.0. The first-order valence-corrected chi connectivity index (χ1v) is 7.10. The highest BCUT2D eigenvalue weighted by Crippen LogP contribution is 2.14. The Morgan fingerprint density at radius 2 is 1.87 bits per heavy atom. The van der Waals surface area contributed by atoms with Crippen LogP contribution in [0.5, 0.6) is 5.75 Å². The molecule has 0 amide bonds. The molecule has 0 bridgehead atoms. The molecule has 0 radical (unpaired) electrons. The molecule has 0 N–H and O–H groups in total. The molecule has 0 aliphatic carbocycles. The van der Waals surface area contributed by atoms with Crippen LogP contribution in [0, 0.1) is 6.92 Å². The van der Waals surface area contributed by atoms with E-state index in [1.54, 1.807) is 0 Å². The van der Waals surface area contributed by atoms with Crippen LogP contribution in [0.25, 0.3) is 0 Å². The second-order valence-corrected chi connectivity index (χ2v) is 4.82. The second kappa shape index (κ2) is 8.03. The van der Waals surface area contributed by atoms with Gasteiger partial charge in [0.1, 0.15) is 17.9 Å². The van der Waals surface area contributed by atoms with Gasteiger partial charge >= 0.3 is 11.9 Å². The van der Waals surface area contributed by atoms with E-state index in [1.165, 1.54) is 19.4 Å². The molecule has 23 heavy (non-hydrogen) atoms. The van der Waals surface area contributed by atoms with Gasteiger partial charge in [0.25, 0.3) is 0 Å². The van der Waals surface area contributed by atoms with Crippen molar-refractivity contribution in [3.63, 3.8) is 0 Å². The summed E-state index contributed by atoms with van der Waals surface area (Å²) in [4.78, 5) is 23.1. The van der Waals surface area contributed by atoms with Crippen LogP contribution < -0.4 is 4.74 Å². The monoisotopic (exact) mass is 318 g/mol. The molecule has 1 aromatic heterocycles. The highest BCUT2D eigenvalue weighted by Gasteiger charge is 2.16. The summed E-state index contributed by atoms with van der Waals surface area (Å²) >= 11 is 0. The van der Waals surface area contributed by atoms with Gasteiger partial charge in [0.05, 0.1) is 26.4 Å². The Morgan fingerprint density at radius 1 is 1.13 bits per heavy atom. The largest absolute Gasteiger partial charge is 0.493 e. The minimum absolute atomic E-state index is 0.0993. The third-order valence-electron chi connectivity index (χ3n) is 3.11. The summed E-state index contributed by atoms with van der Waals surface area (Å²) in [6, 6.07) is 9.01. The predicted molar refractivity (Wildman–Crippen MR) is 81.1 cm³/mol. The maximum absolute atomic E-state index is 11.7. The number of benzene rings is 1. The van der Waals surface area contributed by atoms with E-state index in [4.69, 9.17) is 13.9 Å². The van der Waals surface area contributed by atoms with Gasteiger partial charge in [0, 0.05) is 0 Å². The molecule has 1 aromatic carbocycles. The number of ether oxygens (including phenoxy) is 3. The normalized spacial score (nSPS) is 10.2. The third kappa shape index (κ3) is 4.88. The lowest BCUT2D eigenvalue weighted by atomic mass is 10.2. The van der Waals surface area contributed by atoms with E-state index in [0.29, 0.717) is 5.75 Å². The number of aryl methyl sites for hydroxylation is 1. The number of furan rings is 1. The Morgan fingerprint density at radius 3 is 2.57 bits per heavy atom. The van der Waals surface area contributed by atoms with Crippen LogP contribution >= 0.6 is 0 Å². The smallest absolute Gasteiger partial charge is 0.341 e. The van der Waals surface area contributed by atoms with Gasteiger partial charge in [-0.25, -0.2) is 4.79 Å². The molecule has 122 valence electrons. The number of esters is 2. The maximum Gasteiger partial charge on any atom is 0.341 e. The summed E-state index contributed by atoms with van der Waals surface area (Å²) in [7, 11) is 1.27. The summed E-state index contributed by atoms with van der Waals surface area (Å²) in [5.74, 6) is -0.0242. The van der Waals surface area contributed by atoms with Crippen molar-refractivity contribution >= 4 is 11.9 Å². The lowest BCUT2D eigenvalue weighted by molar-refractivity contribution is -0.146. The minimum atomic E-state index is -0.535. The first-order chi connectivity index (χ1) is 11.1. The summed E-state index contributed by atoms with van der Waals surface area (Å²) in [6.45, 7) is 2.07. The first-order valence-electron chi connectivity index (χ1n) is 7.10. The van der Waals surface area contributed by atoms with Gasteiger partial charge in [-0.3, -0.25) is 4.79 Å². The van der Waals surface area contributed by atoms with Gasteiger partial charge in [-0.05, 0) is 25.1 Å². The molecule has 0 fully saturated rings. The zero-order chi connectivity index (χ0) is 16.7. The van der Waals surface area contributed by atoms with Crippen molar-refractivity contribution in [3.8, 4) is 5.75 Å². The number of carbonyl (C=O) groups is 2. The highest BCUT2D eigenvalue weighted by molar-refractivity contribution is 5.90. The van der Waals surface area contributed by atoms with Gasteiger partial charge in [-0.2, -0.15) is 0 Å². The molecule has 0 aliphatic rings. The average molecular weight is 318 g/mol.